The van der Waals surface area contributed by atoms with Gasteiger partial charge in [-0.1, -0.05) is 42.8 Å². The van der Waals surface area contributed by atoms with Crippen molar-refractivity contribution in [2.45, 2.75) is 64.1 Å². The lowest BCUT2D eigenvalue weighted by atomic mass is 10.1. The second-order valence-corrected chi connectivity index (χ2v) is 12.7. The summed E-state index contributed by atoms with van der Waals surface area (Å²) in [5.74, 6) is -0.982. The maximum atomic E-state index is 14.1. The van der Waals surface area contributed by atoms with Crippen LogP contribution in [0.25, 0.3) is 0 Å². The Kier molecular flexibility index (Phi) is 10.1. The molecule has 0 radical (unpaired) electrons. The maximum Gasteiger partial charge on any atom is 0.264 e. The number of methoxy groups -OCH3 is 1. The maximum absolute atomic E-state index is 14.1. The van der Waals surface area contributed by atoms with E-state index in [9.17, 15) is 22.4 Å². The fraction of sp³-hybridized carbons (Fsp3) is 0.355. The van der Waals surface area contributed by atoms with Crippen LogP contribution in [-0.4, -0.2) is 50.4 Å². The quantitative estimate of drug-likeness (QED) is 0.341. The summed E-state index contributed by atoms with van der Waals surface area (Å²) in [7, 11) is -2.74. The van der Waals surface area contributed by atoms with Crippen LogP contribution in [0.4, 0.5) is 10.1 Å². The van der Waals surface area contributed by atoms with E-state index in [4.69, 9.17) is 4.74 Å². The first-order valence-electron chi connectivity index (χ1n) is 13.3. The van der Waals surface area contributed by atoms with Crippen molar-refractivity contribution >= 4 is 27.5 Å². The predicted molar refractivity (Wildman–Crippen MR) is 158 cm³/mol. The van der Waals surface area contributed by atoms with Gasteiger partial charge in [-0.2, -0.15) is 0 Å². The summed E-state index contributed by atoms with van der Waals surface area (Å²) in [5.41, 5.74) is 1.15. The summed E-state index contributed by atoms with van der Waals surface area (Å²) in [6, 6.07) is 17.5. The molecule has 3 rings (SSSR count). The van der Waals surface area contributed by atoms with E-state index in [1.807, 2.05) is 27.7 Å². The number of hydrogen-bond acceptors (Lipinski definition) is 5. The number of carbonyl (C=O) groups excluding carboxylic acids is 2. The van der Waals surface area contributed by atoms with Crippen LogP contribution in [-0.2, 0) is 26.2 Å². The molecule has 3 aromatic carbocycles. The Hall–Kier alpha value is -3.92. The van der Waals surface area contributed by atoms with E-state index >= 15 is 0 Å². The van der Waals surface area contributed by atoms with Gasteiger partial charge in [0.25, 0.3) is 10.0 Å². The summed E-state index contributed by atoms with van der Waals surface area (Å²) in [4.78, 5) is 28.8. The number of rotatable bonds is 11. The summed E-state index contributed by atoms with van der Waals surface area (Å²) >= 11 is 0. The Labute approximate surface area is 242 Å². The molecule has 10 heteroatoms. The minimum absolute atomic E-state index is 0.0151. The molecule has 1 atom stereocenters. The largest absolute Gasteiger partial charge is 0.497 e. The molecule has 0 spiro atoms. The van der Waals surface area contributed by atoms with E-state index in [0.29, 0.717) is 11.3 Å². The highest BCUT2D eigenvalue weighted by Crippen LogP contribution is 2.28. The zero-order valence-corrected chi connectivity index (χ0v) is 25.2. The molecular weight excluding hydrogens is 545 g/mol. The van der Waals surface area contributed by atoms with Gasteiger partial charge in [0.05, 0.1) is 17.7 Å². The molecule has 0 aliphatic carbocycles. The third-order valence-corrected chi connectivity index (χ3v) is 8.17. The number of nitrogens with one attached hydrogen (secondary N) is 1. The van der Waals surface area contributed by atoms with Crippen molar-refractivity contribution in [2.75, 3.05) is 18.0 Å². The highest BCUT2D eigenvalue weighted by Gasteiger charge is 2.34. The second-order valence-electron chi connectivity index (χ2n) is 10.8. The van der Waals surface area contributed by atoms with Crippen molar-refractivity contribution in [3.05, 3.63) is 89.7 Å². The van der Waals surface area contributed by atoms with Gasteiger partial charge in [-0.25, -0.2) is 12.8 Å². The zero-order valence-electron chi connectivity index (χ0n) is 24.3. The first-order valence-corrected chi connectivity index (χ1v) is 14.8. The lowest BCUT2D eigenvalue weighted by molar-refractivity contribution is -0.141. The zero-order chi connectivity index (χ0) is 30.4. The molecule has 0 heterocycles. The molecule has 0 saturated heterocycles. The van der Waals surface area contributed by atoms with Crippen molar-refractivity contribution in [3.8, 4) is 5.75 Å². The van der Waals surface area contributed by atoms with Crippen LogP contribution in [0.2, 0.25) is 0 Å². The third kappa shape index (κ3) is 8.29. The smallest absolute Gasteiger partial charge is 0.264 e. The summed E-state index contributed by atoms with van der Waals surface area (Å²) in [6.45, 7) is 8.53. The first kappa shape index (κ1) is 31.6. The molecule has 0 unspecified atom stereocenters. The lowest BCUT2D eigenvalue weighted by Gasteiger charge is -2.34. The van der Waals surface area contributed by atoms with Gasteiger partial charge in [0.15, 0.2) is 0 Å². The Morgan fingerprint density at radius 3 is 2.20 bits per heavy atom. The molecule has 41 heavy (non-hydrogen) atoms. The lowest BCUT2D eigenvalue weighted by Crippen LogP contribution is -2.55. The second kappa shape index (κ2) is 13.2. The molecule has 0 aliphatic heterocycles. The van der Waals surface area contributed by atoms with Crippen molar-refractivity contribution in [1.29, 1.82) is 0 Å². The highest BCUT2D eigenvalue weighted by molar-refractivity contribution is 7.92. The highest BCUT2D eigenvalue weighted by atomic mass is 32.2. The number of hydrogen-bond donors (Lipinski definition) is 1. The van der Waals surface area contributed by atoms with E-state index in [2.05, 4.69) is 5.32 Å². The Morgan fingerprint density at radius 1 is 1.00 bits per heavy atom. The number of carbonyl (C=O) groups is 2. The van der Waals surface area contributed by atoms with E-state index in [1.54, 1.807) is 37.3 Å². The number of anilines is 1. The van der Waals surface area contributed by atoms with Gasteiger partial charge in [-0.3, -0.25) is 13.9 Å². The van der Waals surface area contributed by atoms with Crippen LogP contribution in [0.3, 0.4) is 0 Å². The molecule has 1 N–H and O–H groups in total. The van der Waals surface area contributed by atoms with Crippen LogP contribution < -0.4 is 14.4 Å². The molecule has 2 amide bonds. The molecule has 0 saturated carbocycles. The fourth-order valence-corrected chi connectivity index (χ4v) is 5.70. The average molecular weight is 584 g/mol. The number of halogens is 1. The molecule has 0 fully saturated rings. The van der Waals surface area contributed by atoms with Crippen LogP contribution in [0.15, 0.2) is 77.7 Å². The van der Waals surface area contributed by atoms with Crippen molar-refractivity contribution in [3.63, 3.8) is 0 Å². The van der Waals surface area contributed by atoms with Crippen molar-refractivity contribution < 1.29 is 27.1 Å². The summed E-state index contributed by atoms with van der Waals surface area (Å²) < 4.78 is 47.9. The molecule has 8 nitrogen and oxygen atoms in total. The van der Waals surface area contributed by atoms with Gasteiger partial charge >= 0.3 is 0 Å². The summed E-state index contributed by atoms with van der Waals surface area (Å²) in [5, 5.41) is 2.92. The third-order valence-electron chi connectivity index (χ3n) is 6.38. The molecule has 0 aliphatic rings. The average Bonchev–Trinajstić information content (AvgIpc) is 2.91. The van der Waals surface area contributed by atoms with Crippen LogP contribution in [0.1, 0.15) is 45.2 Å². The van der Waals surface area contributed by atoms with E-state index < -0.39 is 39.9 Å². The van der Waals surface area contributed by atoms with E-state index in [-0.39, 0.29) is 29.5 Å². The van der Waals surface area contributed by atoms with Crippen LogP contribution in [0.5, 0.6) is 5.75 Å². The Bertz CT molecular complexity index is 1450. The fourth-order valence-electron chi connectivity index (χ4n) is 4.29. The summed E-state index contributed by atoms with van der Waals surface area (Å²) in [6.07, 6.45) is 0.277. The predicted octanol–water partition coefficient (Wildman–Crippen LogP) is 5.06. The number of sulfonamides is 1. The number of nitrogens with zero attached hydrogens (tertiary/aromatic N) is 2. The Morgan fingerprint density at radius 2 is 1.63 bits per heavy atom. The number of benzene rings is 3. The molecule has 220 valence electrons. The molecule has 0 aromatic heterocycles. The first-order chi connectivity index (χ1) is 19.2. The van der Waals surface area contributed by atoms with E-state index in [0.717, 1.165) is 9.87 Å². The normalized spacial score (nSPS) is 12.4. The van der Waals surface area contributed by atoms with Crippen LogP contribution in [0, 0.1) is 12.7 Å². The number of ether oxygens (including phenoxy) is 1. The monoisotopic (exact) mass is 583 g/mol. The topological polar surface area (TPSA) is 96.0 Å². The van der Waals surface area contributed by atoms with Crippen LogP contribution >= 0.6 is 0 Å². The van der Waals surface area contributed by atoms with E-state index in [1.165, 1.54) is 54.5 Å². The molecule has 0 bridgehead atoms. The minimum Gasteiger partial charge on any atom is -0.497 e. The standard InChI is InChI=1S/C31H38FN3O5S/c1-7-28(30(37)33-31(3,4)5)34(20-23-13-15-24(32)16-14-23)29(36)21-35(25-9-8-10-26(19-25)40-6)41(38,39)27-17-11-22(2)12-18-27/h8-19,28H,7,20-21H2,1-6H3,(H,33,37)/t28-/m1/s1. The minimum atomic E-state index is -4.20. The Balaban J connectivity index is 2.09. The SMILES string of the molecule is CC[C@H](C(=O)NC(C)(C)C)N(Cc1ccc(F)cc1)C(=O)CN(c1cccc(OC)c1)S(=O)(=O)c1ccc(C)cc1. The van der Waals surface area contributed by atoms with Gasteiger partial charge in [-0.05, 0) is 76.1 Å². The van der Waals surface area contributed by atoms with Gasteiger partial charge < -0.3 is 15.0 Å². The van der Waals surface area contributed by atoms with Gasteiger partial charge in [0.1, 0.15) is 24.2 Å². The van der Waals surface area contributed by atoms with Gasteiger partial charge in [0, 0.05) is 18.2 Å². The number of amides is 2. The van der Waals surface area contributed by atoms with Crippen molar-refractivity contribution in [1.82, 2.24) is 10.2 Å². The van der Waals surface area contributed by atoms with Gasteiger partial charge in [-0.15, -0.1) is 0 Å². The number of aryl methyl sites for hydroxylation is 1. The van der Waals surface area contributed by atoms with Crippen molar-refractivity contribution in [2.24, 2.45) is 0 Å². The molecule has 3 aromatic rings. The molecular formula is C31H38FN3O5S. The van der Waals surface area contributed by atoms with Gasteiger partial charge in [0.2, 0.25) is 11.8 Å².